The molecule has 0 aliphatic carbocycles. The third-order valence-corrected chi connectivity index (χ3v) is 3.78. The average Bonchev–Trinajstić information content (AvgIpc) is 2.46. The number of aliphatic carboxylic acids is 1. The summed E-state index contributed by atoms with van der Waals surface area (Å²) in [4.78, 5) is 24.9. The van der Waals surface area contributed by atoms with Crippen molar-refractivity contribution in [3.63, 3.8) is 0 Å². The molecule has 1 saturated heterocycles. The van der Waals surface area contributed by atoms with Crippen LogP contribution in [-0.2, 0) is 16.1 Å². The number of carbonyl (C=O) groups excluding carboxylic acids is 1. The molecule has 0 spiro atoms. The lowest BCUT2D eigenvalue weighted by molar-refractivity contribution is -0.151. The molecule has 0 aromatic heterocycles. The van der Waals surface area contributed by atoms with Gasteiger partial charge in [-0.15, -0.1) is 0 Å². The number of hydrogen-bond acceptors (Lipinski definition) is 3. The van der Waals surface area contributed by atoms with Crippen LogP contribution in [0.1, 0.15) is 31.7 Å². The van der Waals surface area contributed by atoms with Crippen LogP contribution < -0.4 is 0 Å². The van der Waals surface area contributed by atoms with Crippen LogP contribution in [0.15, 0.2) is 30.3 Å². The molecule has 0 unspecified atom stereocenters. The van der Waals surface area contributed by atoms with Crippen LogP contribution in [0.3, 0.4) is 0 Å². The number of benzene rings is 1. The van der Waals surface area contributed by atoms with E-state index in [-0.39, 0.29) is 6.61 Å². The molecule has 1 fully saturated rings. The predicted molar refractivity (Wildman–Crippen MR) is 73.2 cm³/mol. The van der Waals surface area contributed by atoms with Gasteiger partial charge in [0.2, 0.25) is 0 Å². The van der Waals surface area contributed by atoms with Crippen LogP contribution in [0.4, 0.5) is 4.79 Å². The lowest BCUT2D eigenvalue weighted by Gasteiger charge is -2.40. The van der Waals surface area contributed by atoms with E-state index in [1.54, 1.807) is 6.92 Å². The topological polar surface area (TPSA) is 66.8 Å². The second-order valence-electron chi connectivity index (χ2n) is 5.23. The maximum atomic E-state index is 12.1. The van der Waals surface area contributed by atoms with E-state index < -0.39 is 17.6 Å². The van der Waals surface area contributed by atoms with E-state index in [9.17, 15) is 14.7 Å². The minimum atomic E-state index is -1.16. The van der Waals surface area contributed by atoms with Crippen molar-refractivity contribution in [1.82, 2.24) is 4.90 Å². The van der Waals surface area contributed by atoms with Crippen LogP contribution >= 0.6 is 0 Å². The van der Waals surface area contributed by atoms with E-state index in [0.717, 1.165) is 18.4 Å². The van der Waals surface area contributed by atoms with E-state index in [4.69, 9.17) is 4.74 Å². The van der Waals surface area contributed by atoms with Crippen molar-refractivity contribution in [2.75, 3.05) is 6.54 Å². The number of rotatable bonds is 3. The summed E-state index contributed by atoms with van der Waals surface area (Å²) in [6, 6.07) is 9.34. The molecule has 108 valence electrons. The average molecular weight is 277 g/mol. The van der Waals surface area contributed by atoms with Gasteiger partial charge in [-0.1, -0.05) is 30.3 Å². The third-order valence-electron chi connectivity index (χ3n) is 3.78. The zero-order valence-corrected chi connectivity index (χ0v) is 11.5. The predicted octanol–water partition coefficient (Wildman–Crippen LogP) is 2.65. The van der Waals surface area contributed by atoms with Crippen molar-refractivity contribution in [2.24, 2.45) is 0 Å². The number of carbonyl (C=O) groups is 2. The van der Waals surface area contributed by atoms with Gasteiger partial charge >= 0.3 is 12.1 Å². The summed E-state index contributed by atoms with van der Waals surface area (Å²) in [5, 5.41) is 9.35. The Morgan fingerprint density at radius 1 is 1.30 bits per heavy atom. The largest absolute Gasteiger partial charge is 0.480 e. The van der Waals surface area contributed by atoms with Crippen LogP contribution in [0.5, 0.6) is 0 Å². The number of piperidine rings is 1. The summed E-state index contributed by atoms with van der Waals surface area (Å²) in [6.07, 6.45) is 1.52. The molecule has 0 saturated carbocycles. The first kappa shape index (κ1) is 14.4. The van der Waals surface area contributed by atoms with Gasteiger partial charge in [-0.3, -0.25) is 4.90 Å². The van der Waals surface area contributed by atoms with Crippen LogP contribution in [0.2, 0.25) is 0 Å². The number of hydrogen-bond donors (Lipinski definition) is 1. The summed E-state index contributed by atoms with van der Waals surface area (Å²) in [7, 11) is 0. The Kier molecular flexibility index (Phi) is 4.27. The van der Waals surface area contributed by atoms with Gasteiger partial charge in [0.15, 0.2) is 0 Å². The molecule has 1 N–H and O–H groups in total. The molecule has 1 aromatic rings. The zero-order valence-electron chi connectivity index (χ0n) is 11.5. The van der Waals surface area contributed by atoms with Crippen LogP contribution in [-0.4, -0.2) is 34.2 Å². The Hall–Kier alpha value is -2.04. The highest BCUT2D eigenvalue weighted by Crippen LogP contribution is 2.29. The first-order valence-corrected chi connectivity index (χ1v) is 6.76. The summed E-state index contributed by atoms with van der Waals surface area (Å²) < 4.78 is 5.24. The number of nitrogens with zero attached hydrogens (tertiary/aromatic N) is 1. The molecule has 5 nitrogen and oxygen atoms in total. The van der Waals surface area contributed by atoms with Gasteiger partial charge < -0.3 is 9.84 Å². The maximum Gasteiger partial charge on any atom is 0.411 e. The molecule has 0 bridgehead atoms. The minimum absolute atomic E-state index is 0.159. The van der Waals surface area contributed by atoms with E-state index in [2.05, 4.69) is 0 Å². The summed E-state index contributed by atoms with van der Waals surface area (Å²) in [6.45, 7) is 2.17. The van der Waals surface area contributed by atoms with E-state index in [1.165, 1.54) is 4.90 Å². The summed E-state index contributed by atoms with van der Waals surface area (Å²) >= 11 is 0. The zero-order chi connectivity index (χ0) is 14.6. The monoisotopic (exact) mass is 277 g/mol. The third kappa shape index (κ3) is 2.92. The van der Waals surface area contributed by atoms with Crippen molar-refractivity contribution < 1.29 is 19.4 Å². The molecule has 20 heavy (non-hydrogen) atoms. The van der Waals surface area contributed by atoms with Gasteiger partial charge in [0.1, 0.15) is 12.1 Å². The summed E-state index contributed by atoms with van der Waals surface area (Å²) in [5.41, 5.74) is -0.277. The van der Waals surface area contributed by atoms with E-state index in [1.807, 2.05) is 30.3 Å². The number of carboxylic acid groups (broad SMARTS) is 1. The highest BCUT2D eigenvalue weighted by molar-refractivity contribution is 5.84. The maximum absolute atomic E-state index is 12.1. The minimum Gasteiger partial charge on any atom is -0.480 e. The Morgan fingerprint density at radius 2 is 2.00 bits per heavy atom. The van der Waals surface area contributed by atoms with Crippen LogP contribution in [0, 0.1) is 0 Å². The Morgan fingerprint density at radius 3 is 2.65 bits per heavy atom. The Labute approximate surface area is 118 Å². The Balaban J connectivity index is 2.02. The van der Waals surface area contributed by atoms with Gasteiger partial charge in [-0.05, 0) is 31.7 Å². The standard InChI is InChI=1S/C15H19NO4/c1-15(13(17)18)9-5-6-10-16(15)14(19)20-11-12-7-3-2-4-8-12/h2-4,7-8H,5-6,9-11H2,1H3,(H,17,18)/t15-/m1/s1. The molecular weight excluding hydrogens is 258 g/mol. The SMILES string of the molecule is C[C@]1(C(=O)O)CCCCN1C(=O)OCc1ccccc1. The van der Waals surface area contributed by atoms with Crippen molar-refractivity contribution >= 4 is 12.1 Å². The van der Waals surface area contributed by atoms with Crippen molar-refractivity contribution in [2.45, 2.75) is 38.3 Å². The van der Waals surface area contributed by atoms with Crippen LogP contribution in [0.25, 0.3) is 0 Å². The van der Waals surface area contributed by atoms with Gasteiger partial charge in [0, 0.05) is 6.54 Å². The second kappa shape index (κ2) is 5.94. The fraction of sp³-hybridized carbons (Fsp3) is 0.467. The molecule has 1 amide bonds. The van der Waals surface area contributed by atoms with Gasteiger partial charge in [0.25, 0.3) is 0 Å². The molecule has 0 radical (unpaired) electrons. The Bertz CT molecular complexity index is 488. The van der Waals surface area contributed by atoms with Gasteiger partial charge in [0.05, 0.1) is 0 Å². The normalized spacial score (nSPS) is 22.4. The highest BCUT2D eigenvalue weighted by Gasteiger charge is 2.44. The van der Waals surface area contributed by atoms with Crippen molar-refractivity contribution in [1.29, 1.82) is 0 Å². The van der Waals surface area contributed by atoms with Gasteiger partial charge in [-0.2, -0.15) is 0 Å². The number of carboxylic acids is 1. The van der Waals surface area contributed by atoms with E-state index >= 15 is 0 Å². The highest BCUT2D eigenvalue weighted by atomic mass is 16.6. The first-order valence-electron chi connectivity index (χ1n) is 6.76. The second-order valence-corrected chi connectivity index (χ2v) is 5.23. The molecule has 1 heterocycles. The van der Waals surface area contributed by atoms with Gasteiger partial charge in [-0.25, -0.2) is 9.59 Å². The lowest BCUT2D eigenvalue weighted by Crippen LogP contribution is -2.57. The number of ether oxygens (including phenoxy) is 1. The molecular formula is C15H19NO4. The van der Waals surface area contributed by atoms with E-state index in [0.29, 0.717) is 13.0 Å². The summed E-state index contributed by atoms with van der Waals surface area (Å²) in [5.74, 6) is -0.978. The quantitative estimate of drug-likeness (QED) is 0.922. The van der Waals surface area contributed by atoms with Crippen molar-refractivity contribution in [3.8, 4) is 0 Å². The molecule has 1 aromatic carbocycles. The fourth-order valence-electron chi connectivity index (χ4n) is 2.43. The molecule has 1 aliphatic rings. The smallest absolute Gasteiger partial charge is 0.411 e. The first-order chi connectivity index (χ1) is 9.54. The molecule has 5 heteroatoms. The number of amides is 1. The number of likely N-dealkylation sites (tertiary alicyclic amines) is 1. The lowest BCUT2D eigenvalue weighted by atomic mass is 9.89. The molecule has 1 atom stereocenters. The molecule has 2 rings (SSSR count). The fourth-order valence-corrected chi connectivity index (χ4v) is 2.43. The molecule has 1 aliphatic heterocycles. The van der Waals surface area contributed by atoms with Crippen molar-refractivity contribution in [3.05, 3.63) is 35.9 Å².